The predicted molar refractivity (Wildman–Crippen MR) is 79.0 cm³/mol. The van der Waals surface area contributed by atoms with E-state index in [9.17, 15) is 4.79 Å². The summed E-state index contributed by atoms with van der Waals surface area (Å²) in [6, 6.07) is 6.20. The molecule has 2 aromatic rings. The van der Waals surface area contributed by atoms with Gasteiger partial charge in [0, 0.05) is 20.6 Å². The highest BCUT2D eigenvalue weighted by molar-refractivity contribution is 9.10. The SMILES string of the molecule is CC1CC1NC(=O)c1sc2cccc(Br)c2c1N. The van der Waals surface area contributed by atoms with E-state index in [2.05, 4.69) is 28.2 Å². The standard InChI is InChI=1S/C13H13BrN2OS/c1-6-5-8(6)16-13(17)12-11(15)10-7(14)3-2-4-9(10)18-12/h2-4,6,8H,5,15H2,1H3,(H,16,17). The largest absolute Gasteiger partial charge is 0.397 e. The number of hydrogen-bond acceptors (Lipinski definition) is 3. The number of thiophene rings is 1. The van der Waals surface area contributed by atoms with Crippen molar-refractivity contribution in [3.63, 3.8) is 0 Å². The van der Waals surface area contributed by atoms with Crippen LogP contribution in [0.5, 0.6) is 0 Å². The summed E-state index contributed by atoms with van der Waals surface area (Å²) < 4.78 is 1.98. The zero-order valence-corrected chi connectivity index (χ0v) is 12.3. The van der Waals surface area contributed by atoms with Crippen LogP contribution in [-0.2, 0) is 0 Å². The average molecular weight is 325 g/mol. The van der Waals surface area contributed by atoms with Crippen molar-refractivity contribution in [1.29, 1.82) is 0 Å². The molecule has 3 N–H and O–H groups in total. The van der Waals surface area contributed by atoms with Crippen LogP contribution >= 0.6 is 27.3 Å². The van der Waals surface area contributed by atoms with Crippen LogP contribution in [0.4, 0.5) is 5.69 Å². The molecular weight excluding hydrogens is 312 g/mol. The molecule has 1 aliphatic rings. The van der Waals surface area contributed by atoms with Gasteiger partial charge < -0.3 is 11.1 Å². The molecule has 3 nitrogen and oxygen atoms in total. The summed E-state index contributed by atoms with van der Waals surface area (Å²) in [6.07, 6.45) is 1.07. The Kier molecular flexibility index (Phi) is 2.83. The molecule has 0 radical (unpaired) electrons. The third-order valence-corrected chi connectivity index (χ3v) is 5.16. The minimum Gasteiger partial charge on any atom is -0.397 e. The maximum absolute atomic E-state index is 12.1. The molecule has 2 unspecified atom stereocenters. The van der Waals surface area contributed by atoms with Crippen LogP contribution in [0.3, 0.4) is 0 Å². The Morgan fingerprint density at radius 2 is 2.28 bits per heavy atom. The van der Waals surface area contributed by atoms with E-state index in [-0.39, 0.29) is 5.91 Å². The molecule has 2 atom stereocenters. The molecule has 1 aromatic carbocycles. The van der Waals surface area contributed by atoms with Crippen LogP contribution in [0.15, 0.2) is 22.7 Å². The number of fused-ring (bicyclic) bond motifs is 1. The first-order valence-electron chi connectivity index (χ1n) is 5.85. The van der Waals surface area contributed by atoms with Crippen molar-refractivity contribution in [3.05, 3.63) is 27.5 Å². The lowest BCUT2D eigenvalue weighted by molar-refractivity contribution is 0.0954. The number of anilines is 1. The van der Waals surface area contributed by atoms with Gasteiger partial charge >= 0.3 is 0 Å². The van der Waals surface area contributed by atoms with Crippen LogP contribution < -0.4 is 11.1 Å². The van der Waals surface area contributed by atoms with E-state index >= 15 is 0 Å². The molecule has 1 aliphatic carbocycles. The quantitative estimate of drug-likeness (QED) is 0.889. The van der Waals surface area contributed by atoms with Crippen LogP contribution in [0.1, 0.15) is 23.0 Å². The van der Waals surface area contributed by atoms with E-state index in [1.807, 2.05) is 18.2 Å². The second-order valence-corrected chi connectivity index (χ2v) is 6.66. The maximum atomic E-state index is 12.1. The van der Waals surface area contributed by atoms with Crippen LogP contribution in [0.2, 0.25) is 0 Å². The Balaban J connectivity index is 1.99. The Morgan fingerprint density at radius 3 is 2.89 bits per heavy atom. The van der Waals surface area contributed by atoms with Gasteiger partial charge in [-0.15, -0.1) is 11.3 Å². The molecule has 1 heterocycles. The Bertz CT molecular complexity index is 637. The van der Waals surface area contributed by atoms with Gasteiger partial charge in [0.05, 0.1) is 5.69 Å². The van der Waals surface area contributed by atoms with E-state index in [1.165, 1.54) is 11.3 Å². The third-order valence-electron chi connectivity index (χ3n) is 3.33. The maximum Gasteiger partial charge on any atom is 0.263 e. The summed E-state index contributed by atoms with van der Waals surface area (Å²) >= 11 is 4.93. The molecule has 1 amide bonds. The van der Waals surface area contributed by atoms with Crippen molar-refractivity contribution in [3.8, 4) is 0 Å². The monoisotopic (exact) mass is 324 g/mol. The molecule has 1 fully saturated rings. The van der Waals surface area contributed by atoms with Crippen molar-refractivity contribution in [2.24, 2.45) is 5.92 Å². The molecular formula is C13H13BrN2OS. The minimum absolute atomic E-state index is 0.0463. The van der Waals surface area contributed by atoms with Crippen molar-refractivity contribution in [2.45, 2.75) is 19.4 Å². The van der Waals surface area contributed by atoms with Gasteiger partial charge in [0.15, 0.2) is 0 Å². The van der Waals surface area contributed by atoms with E-state index in [1.54, 1.807) is 0 Å². The number of nitrogen functional groups attached to an aromatic ring is 1. The molecule has 0 spiro atoms. The second-order valence-electron chi connectivity index (χ2n) is 4.75. The molecule has 5 heteroatoms. The first kappa shape index (κ1) is 12.0. The number of carbonyl (C=O) groups is 1. The highest BCUT2D eigenvalue weighted by Gasteiger charge is 2.34. The minimum atomic E-state index is -0.0463. The number of hydrogen-bond donors (Lipinski definition) is 2. The van der Waals surface area contributed by atoms with Gasteiger partial charge in [0.2, 0.25) is 0 Å². The molecule has 0 bridgehead atoms. The number of carbonyl (C=O) groups excluding carboxylic acids is 1. The van der Waals surface area contributed by atoms with E-state index in [0.717, 1.165) is 21.0 Å². The van der Waals surface area contributed by atoms with Crippen LogP contribution in [0.25, 0.3) is 10.1 Å². The molecule has 1 aromatic heterocycles. The lowest BCUT2D eigenvalue weighted by Gasteiger charge is -2.02. The van der Waals surface area contributed by atoms with Gasteiger partial charge in [0.1, 0.15) is 4.88 Å². The summed E-state index contributed by atoms with van der Waals surface area (Å²) in [5, 5.41) is 3.96. The van der Waals surface area contributed by atoms with E-state index in [4.69, 9.17) is 5.73 Å². The smallest absolute Gasteiger partial charge is 0.263 e. The average Bonchev–Trinajstić information content (AvgIpc) is 2.87. The van der Waals surface area contributed by atoms with Gasteiger partial charge in [-0.3, -0.25) is 4.79 Å². The van der Waals surface area contributed by atoms with Crippen molar-refractivity contribution < 1.29 is 4.79 Å². The van der Waals surface area contributed by atoms with Gasteiger partial charge in [-0.1, -0.05) is 28.9 Å². The summed E-state index contributed by atoms with van der Waals surface area (Å²) in [5.41, 5.74) is 6.67. The number of amides is 1. The van der Waals surface area contributed by atoms with Gasteiger partial charge in [-0.2, -0.15) is 0 Å². The van der Waals surface area contributed by atoms with Crippen LogP contribution in [0, 0.1) is 5.92 Å². The summed E-state index contributed by atoms with van der Waals surface area (Å²) in [7, 11) is 0. The van der Waals surface area contributed by atoms with Crippen molar-refractivity contribution in [1.82, 2.24) is 5.32 Å². The first-order valence-corrected chi connectivity index (χ1v) is 7.46. The van der Waals surface area contributed by atoms with Gasteiger partial charge in [0.25, 0.3) is 5.91 Å². The topological polar surface area (TPSA) is 55.1 Å². The normalized spacial score (nSPS) is 22.1. The fourth-order valence-corrected chi connectivity index (χ4v) is 3.82. The molecule has 3 rings (SSSR count). The molecule has 18 heavy (non-hydrogen) atoms. The first-order chi connectivity index (χ1) is 8.58. The number of benzene rings is 1. The van der Waals surface area contributed by atoms with Crippen molar-refractivity contribution >= 4 is 48.9 Å². The van der Waals surface area contributed by atoms with E-state index in [0.29, 0.717) is 22.5 Å². The zero-order chi connectivity index (χ0) is 12.9. The fourth-order valence-electron chi connectivity index (χ4n) is 2.06. The lowest BCUT2D eigenvalue weighted by atomic mass is 10.2. The second kappa shape index (κ2) is 4.24. The van der Waals surface area contributed by atoms with E-state index < -0.39 is 0 Å². The molecule has 0 saturated heterocycles. The molecule has 1 saturated carbocycles. The summed E-state index contributed by atoms with van der Waals surface area (Å²) in [4.78, 5) is 12.8. The number of nitrogens with two attached hydrogens (primary N) is 1. The predicted octanol–water partition coefficient (Wildman–Crippen LogP) is 3.38. The Labute approximate surface area is 117 Å². The molecule has 0 aliphatic heterocycles. The third kappa shape index (κ3) is 1.91. The zero-order valence-electron chi connectivity index (χ0n) is 9.87. The van der Waals surface area contributed by atoms with Crippen molar-refractivity contribution in [2.75, 3.05) is 5.73 Å². The summed E-state index contributed by atoms with van der Waals surface area (Å²) in [6.45, 7) is 2.13. The highest BCUT2D eigenvalue weighted by atomic mass is 79.9. The Hall–Kier alpha value is -1.07. The fraction of sp³-hybridized carbons (Fsp3) is 0.308. The number of halogens is 1. The molecule has 94 valence electrons. The van der Waals surface area contributed by atoms with Crippen LogP contribution in [-0.4, -0.2) is 11.9 Å². The summed E-state index contributed by atoms with van der Waals surface area (Å²) in [5.74, 6) is 0.547. The highest BCUT2D eigenvalue weighted by Crippen LogP contribution is 2.38. The lowest BCUT2D eigenvalue weighted by Crippen LogP contribution is -2.26. The number of rotatable bonds is 2. The number of nitrogens with one attached hydrogen (secondary N) is 1. The Morgan fingerprint density at radius 1 is 1.56 bits per heavy atom. The van der Waals surface area contributed by atoms with Gasteiger partial charge in [-0.05, 0) is 24.5 Å². The van der Waals surface area contributed by atoms with Gasteiger partial charge in [-0.25, -0.2) is 0 Å².